The molecule has 0 aliphatic carbocycles. The third kappa shape index (κ3) is 4.65. The number of nitrogens with one attached hydrogen (secondary N) is 1. The van der Waals surface area contributed by atoms with E-state index in [1.165, 1.54) is 0 Å². The Morgan fingerprint density at radius 3 is 2.52 bits per heavy atom. The van der Waals surface area contributed by atoms with Crippen LogP contribution in [-0.4, -0.2) is 66.0 Å². The first-order valence-electron chi connectivity index (χ1n) is 9.26. The number of sulfonamides is 1. The number of amides is 1. The first kappa shape index (κ1) is 19.2. The number of piperazine rings is 1. The highest BCUT2D eigenvalue weighted by Gasteiger charge is 2.22. The standard InChI is InChI=1S/C19H22N6O3S/c1-29(27,28)22-16-5-3-15(4-6-16)13-18(26)24-11-9-23(10-12-24)17-14-25-8-2-7-20-19(25)21-17/h2-8,14,22H,9-13H2,1H3. The molecule has 1 N–H and O–H groups in total. The highest BCUT2D eigenvalue weighted by molar-refractivity contribution is 7.92. The minimum Gasteiger partial charge on any atom is -0.352 e. The fourth-order valence-electron chi connectivity index (χ4n) is 3.35. The number of imidazole rings is 1. The zero-order chi connectivity index (χ0) is 20.4. The van der Waals surface area contributed by atoms with Crippen molar-refractivity contribution in [1.82, 2.24) is 19.3 Å². The number of carbonyl (C=O) groups excluding carboxylic acids is 1. The zero-order valence-corrected chi connectivity index (χ0v) is 16.8. The van der Waals surface area contributed by atoms with Gasteiger partial charge in [-0.05, 0) is 23.8 Å². The number of fused-ring (bicyclic) bond motifs is 1. The number of benzene rings is 1. The fourth-order valence-corrected chi connectivity index (χ4v) is 3.91. The lowest BCUT2D eigenvalue weighted by Gasteiger charge is -2.34. The highest BCUT2D eigenvalue weighted by atomic mass is 32.2. The van der Waals surface area contributed by atoms with Crippen LogP contribution in [-0.2, 0) is 21.2 Å². The Morgan fingerprint density at radius 2 is 1.86 bits per heavy atom. The van der Waals surface area contributed by atoms with Crippen molar-refractivity contribution in [2.24, 2.45) is 0 Å². The second kappa shape index (κ2) is 7.70. The SMILES string of the molecule is CS(=O)(=O)Nc1ccc(CC(=O)N2CCN(c3cn4cccnc4n3)CC2)cc1. The molecule has 0 radical (unpaired) electrons. The number of nitrogens with zero attached hydrogens (tertiary/aromatic N) is 5. The van der Waals surface area contributed by atoms with E-state index in [1.54, 1.807) is 30.5 Å². The molecule has 10 heteroatoms. The maximum Gasteiger partial charge on any atom is 0.235 e. The van der Waals surface area contributed by atoms with Crippen LogP contribution in [0.2, 0.25) is 0 Å². The summed E-state index contributed by atoms with van der Waals surface area (Å²) in [6.07, 6.45) is 6.97. The van der Waals surface area contributed by atoms with E-state index in [0.29, 0.717) is 37.6 Å². The lowest BCUT2D eigenvalue weighted by molar-refractivity contribution is -0.130. The summed E-state index contributed by atoms with van der Waals surface area (Å²) in [5.41, 5.74) is 1.34. The maximum absolute atomic E-state index is 12.6. The van der Waals surface area contributed by atoms with E-state index in [9.17, 15) is 13.2 Å². The Hall–Kier alpha value is -3.14. The average Bonchev–Trinajstić information content (AvgIpc) is 3.13. The van der Waals surface area contributed by atoms with Crippen molar-refractivity contribution in [2.45, 2.75) is 6.42 Å². The molecule has 1 aliphatic rings. The molecule has 1 aliphatic heterocycles. The van der Waals surface area contributed by atoms with Crippen molar-refractivity contribution in [3.63, 3.8) is 0 Å². The average molecular weight is 414 g/mol. The monoisotopic (exact) mass is 414 g/mol. The first-order valence-corrected chi connectivity index (χ1v) is 11.2. The summed E-state index contributed by atoms with van der Waals surface area (Å²) in [5, 5.41) is 0. The van der Waals surface area contributed by atoms with E-state index in [4.69, 9.17) is 0 Å². The van der Waals surface area contributed by atoms with E-state index >= 15 is 0 Å². The summed E-state index contributed by atoms with van der Waals surface area (Å²) in [6, 6.07) is 8.73. The Balaban J connectivity index is 1.33. The molecule has 152 valence electrons. The molecule has 0 unspecified atom stereocenters. The van der Waals surface area contributed by atoms with Crippen molar-refractivity contribution in [3.8, 4) is 0 Å². The van der Waals surface area contributed by atoms with Gasteiger partial charge in [-0.1, -0.05) is 12.1 Å². The Labute approximate surface area is 169 Å². The van der Waals surface area contributed by atoms with Crippen LogP contribution in [0.1, 0.15) is 5.56 Å². The largest absolute Gasteiger partial charge is 0.352 e. The summed E-state index contributed by atoms with van der Waals surface area (Å²) < 4.78 is 26.8. The predicted octanol–water partition coefficient (Wildman–Crippen LogP) is 0.992. The molecule has 1 fully saturated rings. The first-order chi connectivity index (χ1) is 13.9. The summed E-state index contributed by atoms with van der Waals surface area (Å²) in [4.78, 5) is 25.4. The van der Waals surface area contributed by atoms with E-state index in [1.807, 2.05) is 27.8 Å². The van der Waals surface area contributed by atoms with Gasteiger partial charge in [0, 0.05) is 44.3 Å². The van der Waals surface area contributed by atoms with E-state index < -0.39 is 10.0 Å². The Bertz CT molecular complexity index is 1090. The molecule has 3 aromatic rings. The van der Waals surface area contributed by atoms with Crippen molar-refractivity contribution >= 4 is 33.2 Å². The van der Waals surface area contributed by atoms with Gasteiger partial charge in [-0.3, -0.25) is 13.9 Å². The summed E-state index contributed by atoms with van der Waals surface area (Å²) in [7, 11) is -3.31. The molecule has 0 bridgehead atoms. The summed E-state index contributed by atoms with van der Waals surface area (Å²) >= 11 is 0. The predicted molar refractivity (Wildman–Crippen MR) is 110 cm³/mol. The van der Waals surface area contributed by atoms with E-state index in [-0.39, 0.29) is 12.3 Å². The van der Waals surface area contributed by atoms with Crippen LogP contribution >= 0.6 is 0 Å². The van der Waals surface area contributed by atoms with Gasteiger partial charge in [-0.25, -0.2) is 13.4 Å². The lowest BCUT2D eigenvalue weighted by atomic mass is 10.1. The van der Waals surface area contributed by atoms with Gasteiger partial charge < -0.3 is 9.80 Å². The molecule has 4 rings (SSSR count). The van der Waals surface area contributed by atoms with Gasteiger partial charge in [0.05, 0.1) is 18.9 Å². The van der Waals surface area contributed by atoms with Crippen LogP contribution in [0.25, 0.3) is 5.78 Å². The summed E-state index contributed by atoms with van der Waals surface area (Å²) in [6.45, 7) is 2.70. The van der Waals surface area contributed by atoms with Gasteiger partial charge >= 0.3 is 0 Å². The second-order valence-electron chi connectivity index (χ2n) is 7.04. The van der Waals surface area contributed by atoms with Crippen molar-refractivity contribution < 1.29 is 13.2 Å². The topological polar surface area (TPSA) is 99.9 Å². The van der Waals surface area contributed by atoms with Crippen LogP contribution in [0, 0.1) is 0 Å². The quantitative estimate of drug-likeness (QED) is 0.668. The van der Waals surface area contributed by atoms with Gasteiger partial charge in [0.25, 0.3) is 0 Å². The van der Waals surface area contributed by atoms with Crippen LogP contribution in [0.4, 0.5) is 11.5 Å². The van der Waals surface area contributed by atoms with Gasteiger partial charge in [-0.15, -0.1) is 0 Å². The van der Waals surface area contributed by atoms with Crippen LogP contribution in [0.15, 0.2) is 48.9 Å². The van der Waals surface area contributed by atoms with Crippen LogP contribution in [0.5, 0.6) is 0 Å². The fraction of sp³-hybridized carbons (Fsp3) is 0.316. The molecule has 0 atom stereocenters. The Morgan fingerprint density at radius 1 is 1.14 bits per heavy atom. The van der Waals surface area contributed by atoms with Crippen molar-refractivity contribution in [1.29, 1.82) is 0 Å². The normalized spacial score (nSPS) is 14.9. The number of hydrogen-bond donors (Lipinski definition) is 1. The van der Waals surface area contributed by atoms with Crippen LogP contribution < -0.4 is 9.62 Å². The smallest absolute Gasteiger partial charge is 0.235 e. The molecule has 0 spiro atoms. The summed E-state index contributed by atoms with van der Waals surface area (Å²) in [5.74, 6) is 1.59. The maximum atomic E-state index is 12.6. The molecule has 0 saturated carbocycles. The minimum absolute atomic E-state index is 0.0603. The van der Waals surface area contributed by atoms with Crippen LogP contribution in [0.3, 0.4) is 0 Å². The third-order valence-corrected chi connectivity index (χ3v) is 5.40. The number of hydrogen-bond acceptors (Lipinski definition) is 6. The number of rotatable bonds is 5. The van der Waals surface area contributed by atoms with Crippen molar-refractivity contribution in [3.05, 3.63) is 54.5 Å². The molecule has 3 heterocycles. The van der Waals surface area contributed by atoms with Crippen molar-refractivity contribution in [2.75, 3.05) is 42.1 Å². The molecular formula is C19H22N6O3S. The Kier molecular flexibility index (Phi) is 5.10. The number of anilines is 2. The second-order valence-corrected chi connectivity index (χ2v) is 8.79. The molecule has 29 heavy (non-hydrogen) atoms. The molecular weight excluding hydrogens is 392 g/mol. The molecule has 1 aromatic carbocycles. The molecule has 2 aromatic heterocycles. The highest BCUT2D eigenvalue weighted by Crippen LogP contribution is 2.17. The molecule has 1 amide bonds. The lowest BCUT2D eigenvalue weighted by Crippen LogP contribution is -2.49. The third-order valence-electron chi connectivity index (χ3n) is 4.79. The van der Waals surface area contributed by atoms with E-state index in [0.717, 1.165) is 17.6 Å². The zero-order valence-electron chi connectivity index (χ0n) is 16.0. The van der Waals surface area contributed by atoms with Gasteiger partial charge in [0.2, 0.25) is 21.7 Å². The molecule has 1 saturated heterocycles. The molecule has 9 nitrogen and oxygen atoms in total. The number of carbonyl (C=O) groups is 1. The van der Waals surface area contributed by atoms with Gasteiger partial charge in [0.1, 0.15) is 5.82 Å². The number of aromatic nitrogens is 3. The van der Waals surface area contributed by atoms with Gasteiger partial charge in [-0.2, -0.15) is 4.98 Å². The van der Waals surface area contributed by atoms with E-state index in [2.05, 4.69) is 19.6 Å². The van der Waals surface area contributed by atoms with Gasteiger partial charge in [0.15, 0.2) is 0 Å². The minimum atomic E-state index is -3.31.